The molecule has 0 saturated carbocycles. The summed E-state index contributed by atoms with van der Waals surface area (Å²) in [4.78, 5) is 33.5. The first kappa shape index (κ1) is 13.0. The molecule has 2 rings (SSSR count). The van der Waals surface area contributed by atoms with Gasteiger partial charge in [0.05, 0.1) is 18.4 Å². The molecule has 1 aromatic rings. The van der Waals surface area contributed by atoms with Crippen LogP contribution in [0.4, 0.5) is 5.69 Å². The summed E-state index contributed by atoms with van der Waals surface area (Å²) in [5.74, 6) is -0.936. The van der Waals surface area contributed by atoms with Crippen LogP contribution in [0.2, 0.25) is 0 Å². The van der Waals surface area contributed by atoms with E-state index in [1.54, 1.807) is 0 Å². The highest BCUT2D eigenvalue weighted by Gasteiger charge is 2.23. The number of anilines is 1. The van der Waals surface area contributed by atoms with Crippen LogP contribution in [0.1, 0.15) is 0 Å². The molecule has 0 aromatic carbocycles. The van der Waals surface area contributed by atoms with Crippen LogP contribution in [0.15, 0.2) is 12.4 Å². The molecule has 1 aromatic heterocycles. The predicted molar refractivity (Wildman–Crippen MR) is 64.9 cm³/mol. The van der Waals surface area contributed by atoms with E-state index < -0.39 is 11.9 Å². The summed E-state index contributed by atoms with van der Waals surface area (Å²) in [5, 5.41) is 11.9. The minimum Gasteiger partial charge on any atom is -0.368 e. The van der Waals surface area contributed by atoms with Gasteiger partial charge in [0, 0.05) is 12.7 Å². The van der Waals surface area contributed by atoms with E-state index in [0.717, 1.165) is 0 Å². The number of carbonyl (C=O) groups is 3. The normalized spacial score (nSPS) is 18.7. The van der Waals surface area contributed by atoms with E-state index in [-0.39, 0.29) is 31.4 Å². The SMILES string of the molecule is NC(=O)Cn1cc(NC(=O)C2CNC(=O)CN2)cn1. The number of carbonyl (C=O) groups excluding carboxylic acids is 3. The van der Waals surface area contributed by atoms with Crippen molar-refractivity contribution in [3.8, 4) is 0 Å². The van der Waals surface area contributed by atoms with E-state index >= 15 is 0 Å². The lowest BCUT2D eigenvalue weighted by Gasteiger charge is -2.22. The predicted octanol–water partition coefficient (Wildman–Crippen LogP) is -2.61. The van der Waals surface area contributed by atoms with E-state index in [4.69, 9.17) is 5.73 Å². The molecule has 1 unspecified atom stereocenters. The zero-order valence-corrected chi connectivity index (χ0v) is 10.0. The number of hydrogen-bond acceptors (Lipinski definition) is 5. The first-order valence-electron chi connectivity index (χ1n) is 5.66. The number of piperazine rings is 1. The summed E-state index contributed by atoms with van der Waals surface area (Å²) in [6, 6.07) is -0.489. The number of aromatic nitrogens is 2. The zero-order valence-electron chi connectivity index (χ0n) is 10.0. The Bertz CT molecular complexity index is 501. The van der Waals surface area contributed by atoms with Gasteiger partial charge in [0.2, 0.25) is 17.7 Å². The molecular formula is C10H14N6O3. The standard InChI is InChI=1S/C10H14N6O3/c11-8(17)5-16-4-6(1-14-16)15-10(19)7-2-13-9(18)3-12-7/h1,4,7,12H,2-3,5H2,(H2,11,17)(H,13,18)(H,15,19). The van der Waals surface area contributed by atoms with Crippen molar-refractivity contribution in [1.29, 1.82) is 0 Å². The molecule has 1 aliphatic rings. The van der Waals surface area contributed by atoms with E-state index in [1.165, 1.54) is 17.1 Å². The van der Waals surface area contributed by atoms with Crippen molar-refractivity contribution in [2.45, 2.75) is 12.6 Å². The number of amides is 3. The second-order valence-electron chi connectivity index (χ2n) is 4.12. The minimum atomic E-state index is -0.516. The van der Waals surface area contributed by atoms with Crippen molar-refractivity contribution in [1.82, 2.24) is 20.4 Å². The molecule has 2 heterocycles. The number of rotatable bonds is 4. The van der Waals surface area contributed by atoms with Crippen LogP contribution in [-0.4, -0.2) is 46.6 Å². The van der Waals surface area contributed by atoms with Gasteiger partial charge in [-0.15, -0.1) is 0 Å². The van der Waals surface area contributed by atoms with Crippen LogP contribution in [0.5, 0.6) is 0 Å². The fourth-order valence-electron chi connectivity index (χ4n) is 1.66. The third-order valence-corrected chi connectivity index (χ3v) is 2.55. The molecule has 19 heavy (non-hydrogen) atoms. The fraction of sp³-hybridized carbons (Fsp3) is 0.400. The molecule has 1 aliphatic heterocycles. The summed E-state index contributed by atoms with van der Waals surface area (Å²) >= 11 is 0. The Balaban J connectivity index is 1.89. The lowest BCUT2D eigenvalue weighted by Crippen LogP contribution is -2.56. The molecule has 9 nitrogen and oxygen atoms in total. The van der Waals surface area contributed by atoms with Crippen molar-refractivity contribution in [2.24, 2.45) is 5.73 Å². The minimum absolute atomic E-state index is 0.0480. The Kier molecular flexibility index (Phi) is 3.76. The Morgan fingerprint density at radius 1 is 1.58 bits per heavy atom. The average Bonchev–Trinajstić information content (AvgIpc) is 2.76. The molecule has 3 amide bonds. The summed E-state index contributed by atoms with van der Waals surface area (Å²) in [6.45, 7) is 0.298. The monoisotopic (exact) mass is 266 g/mol. The van der Waals surface area contributed by atoms with Crippen LogP contribution in [0.3, 0.4) is 0 Å². The molecule has 0 spiro atoms. The lowest BCUT2D eigenvalue weighted by molar-refractivity contribution is -0.124. The van der Waals surface area contributed by atoms with Gasteiger partial charge in [-0.2, -0.15) is 5.10 Å². The van der Waals surface area contributed by atoms with Crippen LogP contribution >= 0.6 is 0 Å². The van der Waals surface area contributed by atoms with E-state index in [2.05, 4.69) is 21.0 Å². The highest BCUT2D eigenvalue weighted by atomic mass is 16.2. The second-order valence-corrected chi connectivity index (χ2v) is 4.12. The number of nitrogens with zero attached hydrogens (tertiary/aromatic N) is 2. The first-order chi connectivity index (χ1) is 9.04. The van der Waals surface area contributed by atoms with E-state index in [1.807, 2.05) is 0 Å². The van der Waals surface area contributed by atoms with Gasteiger partial charge < -0.3 is 16.4 Å². The highest BCUT2D eigenvalue weighted by Crippen LogP contribution is 2.05. The zero-order chi connectivity index (χ0) is 13.8. The molecule has 0 bridgehead atoms. The van der Waals surface area contributed by atoms with Crippen molar-refractivity contribution in [3.05, 3.63) is 12.4 Å². The first-order valence-corrected chi connectivity index (χ1v) is 5.66. The number of hydrogen-bond donors (Lipinski definition) is 4. The highest BCUT2D eigenvalue weighted by molar-refractivity contribution is 5.96. The Labute approximate surface area is 108 Å². The Hall–Kier alpha value is -2.42. The van der Waals surface area contributed by atoms with Gasteiger partial charge in [0.15, 0.2) is 0 Å². The molecule has 1 saturated heterocycles. The second kappa shape index (κ2) is 5.48. The number of nitrogens with two attached hydrogens (primary N) is 1. The maximum atomic E-state index is 11.9. The lowest BCUT2D eigenvalue weighted by atomic mass is 10.2. The van der Waals surface area contributed by atoms with Gasteiger partial charge in [-0.05, 0) is 0 Å². The van der Waals surface area contributed by atoms with Gasteiger partial charge in [0.1, 0.15) is 12.6 Å². The molecule has 9 heteroatoms. The van der Waals surface area contributed by atoms with Crippen molar-refractivity contribution in [3.63, 3.8) is 0 Å². The third kappa shape index (κ3) is 3.52. The van der Waals surface area contributed by atoms with Gasteiger partial charge in [-0.1, -0.05) is 0 Å². The maximum Gasteiger partial charge on any atom is 0.243 e. The Morgan fingerprint density at radius 3 is 3.00 bits per heavy atom. The van der Waals surface area contributed by atoms with Gasteiger partial charge in [-0.3, -0.25) is 24.4 Å². The molecule has 1 fully saturated rings. The summed E-state index contributed by atoms with van der Waals surface area (Å²) in [7, 11) is 0. The van der Waals surface area contributed by atoms with Crippen LogP contribution in [0.25, 0.3) is 0 Å². The number of nitrogens with one attached hydrogen (secondary N) is 3. The van der Waals surface area contributed by atoms with Crippen molar-refractivity contribution < 1.29 is 14.4 Å². The summed E-state index contributed by atoms with van der Waals surface area (Å²) in [6.07, 6.45) is 2.92. The fourth-order valence-corrected chi connectivity index (χ4v) is 1.66. The van der Waals surface area contributed by atoms with E-state index in [9.17, 15) is 14.4 Å². The average molecular weight is 266 g/mol. The van der Waals surface area contributed by atoms with Crippen molar-refractivity contribution in [2.75, 3.05) is 18.4 Å². The molecular weight excluding hydrogens is 252 g/mol. The quantitative estimate of drug-likeness (QED) is 0.474. The molecule has 0 aliphatic carbocycles. The third-order valence-electron chi connectivity index (χ3n) is 2.55. The van der Waals surface area contributed by atoms with Gasteiger partial charge in [-0.25, -0.2) is 0 Å². The topological polar surface area (TPSA) is 131 Å². The van der Waals surface area contributed by atoms with Crippen LogP contribution in [-0.2, 0) is 20.9 Å². The largest absolute Gasteiger partial charge is 0.368 e. The smallest absolute Gasteiger partial charge is 0.243 e. The van der Waals surface area contributed by atoms with Crippen LogP contribution in [0, 0.1) is 0 Å². The van der Waals surface area contributed by atoms with Crippen LogP contribution < -0.4 is 21.7 Å². The van der Waals surface area contributed by atoms with Gasteiger partial charge >= 0.3 is 0 Å². The molecule has 102 valence electrons. The van der Waals surface area contributed by atoms with Crippen molar-refractivity contribution >= 4 is 23.4 Å². The summed E-state index contributed by atoms with van der Waals surface area (Å²) < 4.78 is 1.33. The molecule has 5 N–H and O–H groups in total. The molecule has 1 atom stereocenters. The Morgan fingerprint density at radius 2 is 2.37 bits per heavy atom. The summed E-state index contributed by atoms with van der Waals surface area (Å²) in [5.41, 5.74) is 5.49. The van der Waals surface area contributed by atoms with Gasteiger partial charge in [0.25, 0.3) is 0 Å². The van der Waals surface area contributed by atoms with E-state index in [0.29, 0.717) is 5.69 Å². The maximum absolute atomic E-state index is 11.9. The molecule has 0 radical (unpaired) electrons. The number of primary amides is 1.